The molecule has 2 aromatic rings. The van der Waals surface area contributed by atoms with Crippen LogP contribution in [0, 0.1) is 0 Å². The van der Waals surface area contributed by atoms with Crippen LogP contribution in [0.4, 0.5) is 16.2 Å². The fraction of sp³-hybridized carbons (Fsp3) is 0.318. The highest BCUT2D eigenvalue weighted by molar-refractivity contribution is 6.30. The van der Waals surface area contributed by atoms with Crippen LogP contribution < -0.4 is 20.7 Å². The lowest BCUT2D eigenvalue weighted by Gasteiger charge is -2.19. The van der Waals surface area contributed by atoms with Gasteiger partial charge in [0.15, 0.2) is 6.10 Å². The number of alkyl carbamates (subject to hydrolysis) is 1. The molecule has 31 heavy (non-hydrogen) atoms. The number of benzene rings is 2. The van der Waals surface area contributed by atoms with Crippen molar-refractivity contribution in [3.05, 3.63) is 53.6 Å². The third-order valence-electron chi connectivity index (χ3n) is 3.75. The van der Waals surface area contributed by atoms with Crippen LogP contribution in [-0.4, -0.2) is 36.2 Å². The van der Waals surface area contributed by atoms with Gasteiger partial charge >= 0.3 is 6.09 Å². The van der Waals surface area contributed by atoms with Crippen molar-refractivity contribution in [1.29, 1.82) is 0 Å². The van der Waals surface area contributed by atoms with E-state index in [0.717, 1.165) is 0 Å². The first-order chi connectivity index (χ1) is 14.5. The number of amides is 3. The quantitative estimate of drug-likeness (QED) is 0.589. The van der Waals surface area contributed by atoms with Gasteiger partial charge in [0.05, 0.1) is 11.4 Å². The highest BCUT2D eigenvalue weighted by Gasteiger charge is 2.18. The number of halogens is 1. The molecule has 3 amide bonds. The van der Waals surface area contributed by atoms with E-state index in [2.05, 4.69) is 16.0 Å². The number of para-hydroxylation sites is 2. The van der Waals surface area contributed by atoms with Crippen LogP contribution >= 0.6 is 11.6 Å². The molecule has 1 atom stereocenters. The van der Waals surface area contributed by atoms with Crippen LogP contribution in [0.3, 0.4) is 0 Å². The van der Waals surface area contributed by atoms with Gasteiger partial charge in [-0.1, -0.05) is 23.7 Å². The number of anilines is 2. The molecule has 1 unspecified atom stereocenters. The summed E-state index contributed by atoms with van der Waals surface area (Å²) in [7, 11) is 0. The van der Waals surface area contributed by atoms with E-state index in [-0.39, 0.29) is 6.54 Å². The van der Waals surface area contributed by atoms with Gasteiger partial charge in [0, 0.05) is 5.02 Å². The molecule has 0 radical (unpaired) electrons. The molecule has 2 rings (SSSR count). The van der Waals surface area contributed by atoms with E-state index >= 15 is 0 Å². The molecule has 0 aliphatic heterocycles. The Morgan fingerprint density at radius 1 is 0.968 bits per heavy atom. The summed E-state index contributed by atoms with van der Waals surface area (Å²) in [6.45, 7) is 6.50. The summed E-state index contributed by atoms with van der Waals surface area (Å²) in [5.74, 6) is -0.372. The summed E-state index contributed by atoms with van der Waals surface area (Å²) in [5.41, 5.74) is 0.109. The number of hydrogen-bond acceptors (Lipinski definition) is 5. The molecule has 0 fully saturated rings. The first-order valence-electron chi connectivity index (χ1n) is 9.62. The zero-order chi connectivity index (χ0) is 23.0. The van der Waals surface area contributed by atoms with Gasteiger partial charge in [-0.25, -0.2) is 4.79 Å². The lowest BCUT2D eigenvalue weighted by atomic mass is 10.2. The van der Waals surface area contributed by atoms with Gasteiger partial charge in [0.2, 0.25) is 5.91 Å². The van der Waals surface area contributed by atoms with Gasteiger partial charge in [0.1, 0.15) is 17.9 Å². The predicted molar refractivity (Wildman–Crippen MR) is 119 cm³/mol. The lowest BCUT2D eigenvalue weighted by molar-refractivity contribution is -0.122. The Bertz CT molecular complexity index is 925. The number of carbonyl (C=O) groups is 3. The molecule has 0 spiro atoms. The third kappa shape index (κ3) is 8.55. The Balaban J connectivity index is 1.93. The Kier molecular flexibility index (Phi) is 8.27. The number of carbonyl (C=O) groups excluding carboxylic acids is 3. The average Bonchev–Trinajstić information content (AvgIpc) is 2.68. The van der Waals surface area contributed by atoms with E-state index < -0.39 is 29.6 Å². The molecule has 0 aromatic heterocycles. The lowest BCUT2D eigenvalue weighted by Crippen LogP contribution is -2.37. The number of ether oxygens (including phenoxy) is 2. The summed E-state index contributed by atoms with van der Waals surface area (Å²) >= 11 is 5.85. The van der Waals surface area contributed by atoms with Gasteiger partial charge in [-0.15, -0.1) is 0 Å². The minimum absolute atomic E-state index is 0.284. The van der Waals surface area contributed by atoms with E-state index in [0.29, 0.717) is 22.1 Å². The molecule has 166 valence electrons. The normalized spacial score (nSPS) is 11.8. The molecule has 0 saturated carbocycles. The second-order valence-electron chi connectivity index (χ2n) is 7.65. The van der Waals surface area contributed by atoms with Crippen molar-refractivity contribution in [3.63, 3.8) is 0 Å². The molecule has 0 heterocycles. The summed E-state index contributed by atoms with van der Waals surface area (Å²) in [5, 5.41) is 8.32. The van der Waals surface area contributed by atoms with E-state index in [1.54, 1.807) is 76.2 Å². The summed E-state index contributed by atoms with van der Waals surface area (Å²) in [4.78, 5) is 36.4. The van der Waals surface area contributed by atoms with E-state index in [9.17, 15) is 14.4 Å². The Morgan fingerprint density at radius 3 is 2.13 bits per heavy atom. The molecule has 8 nitrogen and oxygen atoms in total. The second-order valence-corrected chi connectivity index (χ2v) is 8.09. The topological polar surface area (TPSA) is 106 Å². The first-order valence-corrected chi connectivity index (χ1v) is 10.00. The van der Waals surface area contributed by atoms with Crippen LogP contribution in [-0.2, 0) is 14.3 Å². The summed E-state index contributed by atoms with van der Waals surface area (Å²) < 4.78 is 10.7. The third-order valence-corrected chi connectivity index (χ3v) is 4.00. The molecule has 0 bridgehead atoms. The first kappa shape index (κ1) is 24.0. The van der Waals surface area contributed by atoms with Gasteiger partial charge in [-0.2, -0.15) is 0 Å². The van der Waals surface area contributed by atoms with Crippen molar-refractivity contribution in [2.24, 2.45) is 0 Å². The van der Waals surface area contributed by atoms with Crippen molar-refractivity contribution in [2.45, 2.75) is 39.4 Å². The van der Waals surface area contributed by atoms with E-state index in [1.807, 2.05) is 0 Å². The zero-order valence-electron chi connectivity index (χ0n) is 17.8. The van der Waals surface area contributed by atoms with Crippen molar-refractivity contribution >= 4 is 40.9 Å². The van der Waals surface area contributed by atoms with Crippen molar-refractivity contribution < 1.29 is 23.9 Å². The Labute approximate surface area is 186 Å². The van der Waals surface area contributed by atoms with Crippen LogP contribution in [0.25, 0.3) is 0 Å². The maximum atomic E-state index is 12.5. The molecule has 0 saturated heterocycles. The molecule has 2 aromatic carbocycles. The van der Waals surface area contributed by atoms with Crippen LogP contribution in [0.2, 0.25) is 5.02 Å². The fourth-order valence-electron chi connectivity index (χ4n) is 2.37. The van der Waals surface area contributed by atoms with Crippen LogP contribution in [0.15, 0.2) is 48.5 Å². The molecular formula is C22H26ClN3O5. The largest absolute Gasteiger partial charge is 0.481 e. The Hall–Kier alpha value is -3.26. The second kappa shape index (κ2) is 10.7. The molecule has 3 N–H and O–H groups in total. The highest BCUT2D eigenvalue weighted by atomic mass is 35.5. The molecule has 0 aliphatic carbocycles. The van der Waals surface area contributed by atoms with Gasteiger partial charge < -0.3 is 25.4 Å². The maximum absolute atomic E-state index is 12.5. The van der Waals surface area contributed by atoms with Gasteiger partial charge in [-0.05, 0) is 64.1 Å². The van der Waals surface area contributed by atoms with E-state index in [4.69, 9.17) is 21.1 Å². The minimum Gasteiger partial charge on any atom is -0.481 e. The predicted octanol–water partition coefficient (Wildman–Crippen LogP) is 4.21. The minimum atomic E-state index is -0.793. The number of hydrogen-bond donors (Lipinski definition) is 3. The van der Waals surface area contributed by atoms with Crippen molar-refractivity contribution in [2.75, 3.05) is 17.2 Å². The van der Waals surface area contributed by atoms with Crippen LogP contribution in [0.1, 0.15) is 27.7 Å². The standard InChI is InChI=1S/C22H26ClN3O5/c1-14(30-16-11-9-15(23)10-12-16)20(28)26-18-8-6-5-7-17(18)25-19(27)13-24-21(29)31-22(2,3)4/h5-12,14H,13H2,1-4H3,(H,24,29)(H,25,27)(H,26,28). The van der Waals surface area contributed by atoms with Gasteiger partial charge in [-0.3, -0.25) is 9.59 Å². The smallest absolute Gasteiger partial charge is 0.408 e. The monoisotopic (exact) mass is 447 g/mol. The molecule has 9 heteroatoms. The van der Waals surface area contributed by atoms with Crippen molar-refractivity contribution in [3.8, 4) is 5.75 Å². The maximum Gasteiger partial charge on any atom is 0.408 e. The van der Waals surface area contributed by atoms with E-state index in [1.165, 1.54) is 0 Å². The number of rotatable bonds is 7. The van der Waals surface area contributed by atoms with Gasteiger partial charge in [0.25, 0.3) is 5.91 Å². The molecular weight excluding hydrogens is 422 g/mol. The Morgan fingerprint density at radius 2 is 1.55 bits per heavy atom. The summed E-state index contributed by atoms with van der Waals surface area (Å²) in [6, 6.07) is 13.4. The number of nitrogens with one attached hydrogen (secondary N) is 3. The SMILES string of the molecule is CC(Oc1ccc(Cl)cc1)C(=O)Nc1ccccc1NC(=O)CNC(=O)OC(C)(C)C. The highest BCUT2D eigenvalue weighted by Crippen LogP contribution is 2.22. The summed E-state index contributed by atoms with van der Waals surface area (Å²) in [6.07, 6.45) is -1.49. The van der Waals surface area contributed by atoms with Crippen LogP contribution in [0.5, 0.6) is 5.75 Å². The van der Waals surface area contributed by atoms with Crippen molar-refractivity contribution in [1.82, 2.24) is 5.32 Å². The zero-order valence-corrected chi connectivity index (χ0v) is 18.6. The molecule has 0 aliphatic rings. The fourth-order valence-corrected chi connectivity index (χ4v) is 2.49. The average molecular weight is 448 g/mol.